The number of nitrogens with zero attached hydrogens (tertiary/aromatic N) is 5. The Balaban J connectivity index is 1.28. The quantitative estimate of drug-likeness (QED) is 0.452. The highest BCUT2D eigenvalue weighted by molar-refractivity contribution is 7.48. The largest absolute Gasteiger partial charge is 0.475 e. The van der Waals surface area contributed by atoms with Crippen molar-refractivity contribution < 1.29 is 33.1 Å². The molecule has 0 radical (unpaired) electrons. The van der Waals surface area contributed by atoms with Gasteiger partial charge < -0.3 is 20.7 Å². The van der Waals surface area contributed by atoms with Crippen LogP contribution in [0.1, 0.15) is 24.3 Å². The zero-order valence-electron chi connectivity index (χ0n) is 16.7. The predicted octanol–water partition coefficient (Wildman–Crippen LogP) is 0.726. The first-order chi connectivity index (χ1) is 15.5. The molecule has 0 saturated carbocycles. The average Bonchev–Trinajstić information content (AvgIpc) is 3.35. The van der Waals surface area contributed by atoms with Crippen molar-refractivity contribution in [2.24, 2.45) is 0 Å². The van der Waals surface area contributed by atoms with Gasteiger partial charge in [-0.1, -0.05) is 0 Å². The molecule has 2 aliphatic rings. The normalized spacial score (nSPS) is 33.0. The summed E-state index contributed by atoms with van der Waals surface area (Å²) in [5.74, 6) is 0.176. The predicted molar refractivity (Wildman–Crippen MR) is 108 cm³/mol. The van der Waals surface area contributed by atoms with E-state index in [2.05, 4.69) is 19.9 Å². The summed E-state index contributed by atoms with van der Waals surface area (Å²) in [4.78, 5) is 16.1. The molecule has 1 unspecified atom stereocenters. The van der Waals surface area contributed by atoms with E-state index in [1.807, 2.05) is 0 Å². The van der Waals surface area contributed by atoms with Gasteiger partial charge in [0.2, 0.25) is 0 Å². The van der Waals surface area contributed by atoms with Gasteiger partial charge in [0.1, 0.15) is 30.2 Å². The van der Waals surface area contributed by atoms with E-state index in [0.717, 1.165) is 5.56 Å². The summed E-state index contributed by atoms with van der Waals surface area (Å²) in [6.07, 6.45) is 1.21. The van der Waals surface area contributed by atoms with Gasteiger partial charge in [-0.2, -0.15) is 0 Å². The first kappa shape index (κ1) is 21.3. The molecule has 2 fully saturated rings. The van der Waals surface area contributed by atoms with Gasteiger partial charge in [-0.15, -0.1) is 0 Å². The summed E-state index contributed by atoms with van der Waals surface area (Å²) >= 11 is 0. The van der Waals surface area contributed by atoms with E-state index in [1.165, 1.54) is 17.2 Å². The Bertz CT molecular complexity index is 1150. The van der Waals surface area contributed by atoms with Gasteiger partial charge in [0.25, 0.3) is 0 Å². The van der Waals surface area contributed by atoms with Crippen molar-refractivity contribution in [2.45, 2.75) is 37.1 Å². The maximum Gasteiger partial charge on any atom is 0.475 e. The highest BCUT2D eigenvalue weighted by atomic mass is 31.2. The molecule has 5 rings (SSSR count). The van der Waals surface area contributed by atoms with E-state index < -0.39 is 38.5 Å². The second kappa shape index (κ2) is 8.45. The van der Waals surface area contributed by atoms with Crippen LogP contribution in [0.5, 0.6) is 0 Å². The molecule has 2 saturated heterocycles. The molecule has 14 heteroatoms. The number of phosphoric acid groups is 1. The lowest BCUT2D eigenvalue weighted by Gasteiger charge is -2.29. The van der Waals surface area contributed by atoms with E-state index >= 15 is 0 Å². The molecule has 2 aliphatic heterocycles. The van der Waals surface area contributed by atoms with Crippen molar-refractivity contribution in [3.63, 3.8) is 0 Å². The summed E-state index contributed by atoms with van der Waals surface area (Å²) in [5, 5.41) is 21.0. The van der Waals surface area contributed by atoms with Crippen molar-refractivity contribution in [3.8, 4) is 0 Å². The molecule has 4 N–H and O–H groups in total. The fraction of sp³-hybridized carbons (Fsp3) is 0.444. The van der Waals surface area contributed by atoms with Crippen LogP contribution in [0.15, 0.2) is 37.2 Å². The molecule has 170 valence electrons. The third-order valence-electron chi connectivity index (χ3n) is 5.36. The number of imidazole rings is 1. The highest BCUT2D eigenvalue weighted by Crippen LogP contribution is 2.57. The minimum absolute atomic E-state index is 0.172. The average molecular weight is 464 g/mol. The number of aliphatic hydroxyl groups excluding tert-OH is 2. The van der Waals surface area contributed by atoms with Gasteiger partial charge in [0.15, 0.2) is 17.7 Å². The monoisotopic (exact) mass is 464 g/mol. The molecule has 0 spiro atoms. The Labute approximate surface area is 181 Å². The molecule has 13 nitrogen and oxygen atoms in total. The Hall–Kier alpha value is -2.51. The third-order valence-corrected chi connectivity index (χ3v) is 6.84. The number of nitrogens with two attached hydrogens (primary N) is 1. The molecule has 3 aromatic rings. The fourth-order valence-corrected chi connectivity index (χ4v) is 5.10. The van der Waals surface area contributed by atoms with Crippen LogP contribution >= 0.6 is 7.82 Å². The van der Waals surface area contributed by atoms with Gasteiger partial charge in [0, 0.05) is 18.8 Å². The summed E-state index contributed by atoms with van der Waals surface area (Å²) < 4.78 is 36.5. The lowest BCUT2D eigenvalue weighted by Crippen LogP contribution is -2.34. The molecule has 6 atom stereocenters. The lowest BCUT2D eigenvalue weighted by molar-refractivity contribution is -0.0578. The smallest absolute Gasteiger partial charge is 0.387 e. The summed E-state index contributed by atoms with van der Waals surface area (Å²) in [5.41, 5.74) is 7.27. The number of hydrogen-bond donors (Lipinski definition) is 3. The minimum Gasteiger partial charge on any atom is -0.387 e. The molecule has 0 aliphatic carbocycles. The standard InChI is InChI=1S/C18H21N6O7P/c19-16-13-17(22-8-21-16)24(9-23-13)18-15(26)14(25)12(30-18)7-29-32(27)28-6-3-11(31-32)10-1-4-20-5-2-10/h1-2,4-5,8-9,11-12,14-15,18,25-26H,3,6-7H2,(H2,19,21,22)/t11-,12+,14+,15+,18+,32?/m0/s1. The number of nitrogen functional groups attached to an aromatic ring is 1. The van der Waals surface area contributed by atoms with Gasteiger partial charge in [-0.05, 0) is 17.7 Å². The number of rotatable bonds is 5. The van der Waals surface area contributed by atoms with Gasteiger partial charge in [-0.25, -0.2) is 19.5 Å². The first-order valence-electron chi connectivity index (χ1n) is 9.87. The van der Waals surface area contributed by atoms with Crippen molar-refractivity contribution in [3.05, 3.63) is 42.7 Å². The number of hydrogen-bond acceptors (Lipinski definition) is 12. The van der Waals surface area contributed by atoms with Crippen molar-refractivity contribution in [1.82, 2.24) is 24.5 Å². The maximum atomic E-state index is 13.0. The number of pyridine rings is 1. The Kier molecular flexibility index (Phi) is 5.63. The number of anilines is 1. The van der Waals surface area contributed by atoms with E-state index in [-0.39, 0.29) is 19.0 Å². The lowest BCUT2D eigenvalue weighted by atomic mass is 10.1. The summed E-state index contributed by atoms with van der Waals surface area (Å²) in [6, 6.07) is 3.52. The zero-order chi connectivity index (χ0) is 22.3. The van der Waals surface area contributed by atoms with Crippen LogP contribution in [0.3, 0.4) is 0 Å². The number of phosphoric ester groups is 1. The molecular formula is C18H21N6O7P. The van der Waals surface area contributed by atoms with Gasteiger partial charge >= 0.3 is 7.82 Å². The van der Waals surface area contributed by atoms with Crippen molar-refractivity contribution >= 4 is 24.8 Å². The molecule has 0 amide bonds. The second-order valence-corrected chi connectivity index (χ2v) is 8.99. The van der Waals surface area contributed by atoms with Crippen LogP contribution < -0.4 is 5.73 Å². The number of aromatic nitrogens is 5. The SMILES string of the molecule is Nc1ncnc2c1ncn2[C@@H]1O[C@H](COP2(=O)OCC[C@@H](c3ccncc3)O2)[C@@H](O)[C@H]1O. The fourth-order valence-electron chi connectivity index (χ4n) is 3.70. The van der Waals surface area contributed by atoms with Crippen molar-refractivity contribution in [1.29, 1.82) is 0 Å². The second-order valence-electron chi connectivity index (χ2n) is 7.37. The highest BCUT2D eigenvalue weighted by Gasteiger charge is 2.46. The Morgan fingerprint density at radius 3 is 2.84 bits per heavy atom. The molecule has 0 aromatic carbocycles. The van der Waals surface area contributed by atoms with Crippen LogP contribution in [0.2, 0.25) is 0 Å². The number of aliphatic hydroxyl groups is 2. The number of ether oxygens (including phenoxy) is 1. The number of fused-ring (bicyclic) bond motifs is 1. The van der Waals surface area contributed by atoms with Crippen LogP contribution in [0, 0.1) is 0 Å². The maximum absolute atomic E-state index is 13.0. The molecule has 32 heavy (non-hydrogen) atoms. The van der Waals surface area contributed by atoms with Crippen LogP contribution in [-0.4, -0.2) is 66.2 Å². The van der Waals surface area contributed by atoms with E-state index in [9.17, 15) is 14.8 Å². The van der Waals surface area contributed by atoms with E-state index in [0.29, 0.717) is 17.6 Å². The molecular weight excluding hydrogens is 443 g/mol. The Morgan fingerprint density at radius 2 is 2.03 bits per heavy atom. The summed E-state index contributed by atoms with van der Waals surface area (Å²) in [7, 11) is -3.91. The summed E-state index contributed by atoms with van der Waals surface area (Å²) in [6.45, 7) is -0.162. The topological polar surface area (TPSA) is 177 Å². The van der Waals surface area contributed by atoms with E-state index in [1.54, 1.807) is 24.5 Å². The van der Waals surface area contributed by atoms with E-state index in [4.69, 9.17) is 24.0 Å². The molecule has 0 bridgehead atoms. The van der Waals surface area contributed by atoms with Crippen LogP contribution in [0.25, 0.3) is 11.2 Å². The van der Waals surface area contributed by atoms with Gasteiger partial charge in [-0.3, -0.25) is 23.1 Å². The van der Waals surface area contributed by atoms with Crippen LogP contribution in [0.4, 0.5) is 5.82 Å². The van der Waals surface area contributed by atoms with Gasteiger partial charge in [0.05, 0.1) is 25.6 Å². The Morgan fingerprint density at radius 1 is 1.22 bits per heavy atom. The van der Waals surface area contributed by atoms with Crippen LogP contribution in [-0.2, 0) is 22.9 Å². The van der Waals surface area contributed by atoms with Crippen molar-refractivity contribution in [2.75, 3.05) is 18.9 Å². The minimum atomic E-state index is -3.91. The third kappa shape index (κ3) is 3.88. The molecule has 3 aromatic heterocycles. The first-order valence-corrected chi connectivity index (χ1v) is 11.3. The molecule has 5 heterocycles. The zero-order valence-corrected chi connectivity index (χ0v) is 17.6.